The van der Waals surface area contributed by atoms with Crippen LogP contribution < -0.4 is 0 Å². The van der Waals surface area contributed by atoms with Crippen LogP contribution in [0.2, 0.25) is 0 Å². The lowest BCUT2D eigenvalue weighted by atomic mass is 10.0. The Morgan fingerprint density at radius 2 is 1.83 bits per heavy atom. The van der Waals surface area contributed by atoms with E-state index in [1.807, 2.05) is 0 Å². The molecule has 0 heterocycles. The summed E-state index contributed by atoms with van der Waals surface area (Å²) in [5.41, 5.74) is 1.29. The molecule has 0 radical (unpaired) electrons. The van der Waals surface area contributed by atoms with Gasteiger partial charge in [0, 0.05) is 12.6 Å². The molecule has 0 aromatic heterocycles. The van der Waals surface area contributed by atoms with E-state index in [2.05, 4.69) is 67.3 Å². The summed E-state index contributed by atoms with van der Waals surface area (Å²) in [7, 11) is 0. The van der Waals surface area contributed by atoms with Crippen LogP contribution >= 0.6 is 0 Å². The summed E-state index contributed by atoms with van der Waals surface area (Å²) in [4.78, 5) is 2.18. The average Bonchev–Trinajstić information content (AvgIpc) is 2.38. The van der Waals surface area contributed by atoms with Gasteiger partial charge in [0.2, 0.25) is 0 Å². The van der Waals surface area contributed by atoms with Gasteiger partial charge in [-0.05, 0) is 30.2 Å². The molecule has 2 heteroatoms. The van der Waals surface area contributed by atoms with Crippen LogP contribution in [0.5, 0.6) is 0 Å². The molecule has 0 unspecified atom stereocenters. The molecular formula is C16H18N2. The average molecular weight is 238 g/mol. The lowest BCUT2D eigenvalue weighted by molar-refractivity contribution is 0.241. The Bertz CT molecular complexity index is 561. The van der Waals surface area contributed by atoms with E-state index in [9.17, 15) is 0 Å². The zero-order valence-corrected chi connectivity index (χ0v) is 10.9. The first-order valence-electron chi connectivity index (χ1n) is 6.30. The summed E-state index contributed by atoms with van der Waals surface area (Å²) < 4.78 is 0. The molecule has 0 atom stereocenters. The van der Waals surface area contributed by atoms with Crippen molar-refractivity contribution in [3.8, 4) is 6.07 Å². The van der Waals surface area contributed by atoms with Gasteiger partial charge in [-0.25, -0.2) is 0 Å². The van der Waals surface area contributed by atoms with Crippen molar-refractivity contribution in [3.63, 3.8) is 0 Å². The van der Waals surface area contributed by atoms with Gasteiger partial charge in [0.05, 0.1) is 12.6 Å². The summed E-state index contributed by atoms with van der Waals surface area (Å²) in [5, 5.41) is 11.4. The van der Waals surface area contributed by atoms with E-state index in [4.69, 9.17) is 5.26 Å². The number of hydrogen-bond acceptors (Lipinski definition) is 2. The molecule has 0 spiro atoms. The number of hydrogen-bond donors (Lipinski definition) is 0. The highest BCUT2D eigenvalue weighted by Crippen LogP contribution is 2.20. The van der Waals surface area contributed by atoms with E-state index in [-0.39, 0.29) is 0 Å². The van der Waals surface area contributed by atoms with E-state index in [1.54, 1.807) is 0 Å². The Balaban J connectivity index is 2.34. The minimum atomic E-state index is 0.378. The van der Waals surface area contributed by atoms with E-state index in [1.165, 1.54) is 16.3 Å². The van der Waals surface area contributed by atoms with Gasteiger partial charge in [0.15, 0.2) is 0 Å². The topological polar surface area (TPSA) is 27.0 Å². The zero-order chi connectivity index (χ0) is 13.0. The minimum absolute atomic E-state index is 0.378. The molecule has 0 bridgehead atoms. The predicted octanol–water partition coefficient (Wildman–Crippen LogP) is 3.57. The van der Waals surface area contributed by atoms with Crippen LogP contribution in [0.4, 0.5) is 0 Å². The first-order chi connectivity index (χ1) is 8.72. The highest BCUT2D eigenvalue weighted by Gasteiger charge is 2.10. The molecule has 2 nitrogen and oxygen atoms in total. The molecule has 0 fully saturated rings. The molecule has 92 valence electrons. The normalized spacial score (nSPS) is 11.1. The summed E-state index contributed by atoms with van der Waals surface area (Å²) in [6.45, 7) is 5.55. The molecule has 0 aliphatic rings. The Morgan fingerprint density at radius 3 is 2.56 bits per heavy atom. The fourth-order valence-corrected chi connectivity index (χ4v) is 2.16. The second kappa shape index (κ2) is 5.66. The van der Waals surface area contributed by atoms with Gasteiger partial charge < -0.3 is 0 Å². The molecule has 2 rings (SSSR count). The fourth-order valence-electron chi connectivity index (χ4n) is 2.16. The van der Waals surface area contributed by atoms with Crippen LogP contribution in [0, 0.1) is 11.3 Å². The van der Waals surface area contributed by atoms with Gasteiger partial charge >= 0.3 is 0 Å². The molecule has 18 heavy (non-hydrogen) atoms. The van der Waals surface area contributed by atoms with Crippen molar-refractivity contribution < 1.29 is 0 Å². The van der Waals surface area contributed by atoms with E-state index in [0.29, 0.717) is 12.6 Å². The van der Waals surface area contributed by atoms with Gasteiger partial charge in [-0.15, -0.1) is 0 Å². The third-order valence-corrected chi connectivity index (χ3v) is 3.26. The molecule has 0 saturated heterocycles. The van der Waals surface area contributed by atoms with Crippen molar-refractivity contribution in [1.29, 1.82) is 5.26 Å². The van der Waals surface area contributed by atoms with Crippen LogP contribution in [0.25, 0.3) is 10.8 Å². The largest absolute Gasteiger partial charge is 0.284 e. The maximum absolute atomic E-state index is 8.89. The molecule has 0 aliphatic heterocycles. The molecule has 0 amide bonds. The van der Waals surface area contributed by atoms with E-state index in [0.717, 1.165) is 6.54 Å². The van der Waals surface area contributed by atoms with Gasteiger partial charge in [-0.1, -0.05) is 42.5 Å². The van der Waals surface area contributed by atoms with E-state index >= 15 is 0 Å². The van der Waals surface area contributed by atoms with E-state index < -0.39 is 0 Å². The number of rotatable bonds is 4. The number of benzene rings is 2. The molecule has 0 aliphatic carbocycles. The van der Waals surface area contributed by atoms with Crippen molar-refractivity contribution in [2.45, 2.75) is 26.4 Å². The molecule has 0 N–H and O–H groups in total. The van der Waals surface area contributed by atoms with Gasteiger partial charge in [0.1, 0.15) is 0 Å². The highest BCUT2D eigenvalue weighted by molar-refractivity contribution is 5.85. The van der Waals surface area contributed by atoms with Crippen molar-refractivity contribution in [2.75, 3.05) is 6.54 Å². The van der Waals surface area contributed by atoms with Crippen LogP contribution in [0.1, 0.15) is 19.4 Å². The van der Waals surface area contributed by atoms with Crippen molar-refractivity contribution in [2.24, 2.45) is 0 Å². The number of nitrogens with zero attached hydrogens (tertiary/aromatic N) is 2. The third-order valence-electron chi connectivity index (χ3n) is 3.26. The highest BCUT2D eigenvalue weighted by atomic mass is 15.1. The third kappa shape index (κ3) is 2.69. The second-order valence-electron chi connectivity index (χ2n) is 4.80. The first-order valence-corrected chi connectivity index (χ1v) is 6.30. The Labute approximate surface area is 108 Å². The van der Waals surface area contributed by atoms with Crippen LogP contribution in [-0.4, -0.2) is 17.5 Å². The number of fused-ring (bicyclic) bond motifs is 1. The molecular weight excluding hydrogens is 220 g/mol. The van der Waals surface area contributed by atoms with Crippen molar-refractivity contribution in [3.05, 3.63) is 48.0 Å². The maximum Gasteiger partial charge on any atom is 0.0871 e. The predicted molar refractivity (Wildman–Crippen MR) is 75.1 cm³/mol. The van der Waals surface area contributed by atoms with Crippen LogP contribution in [0.3, 0.4) is 0 Å². The Morgan fingerprint density at radius 1 is 1.11 bits per heavy atom. The second-order valence-corrected chi connectivity index (χ2v) is 4.80. The Kier molecular flexibility index (Phi) is 3.96. The summed E-state index contributed by atoms with van der Waals surface area (Å²) in [6, 6.07) is 17.4. The van der Waals surface area contributed by atoms with Crippen molar-refractivity contribution >= 4 is 10.8 Å². The quantitative estimate of drug-likeness (QED) is 0.761. The van der Waals surface area contributed by atoms with Crippen molar-refractivity contribution in [1.82, 2.24) is 4.90 Å². The summed E-state index contributed by atoms with van der Waals surface area (Å²) in [5.74, 6) is 0. The van der Waals surface area contributed by atoms with Crippen LogP contribution in [-0.2, 0) is 6.54 Å². The van der Waals surface area contributed by atoms with Gasteiger partial charge in [-0.3, -0.25) is 4.90 Å². The fraction of sp³-hybridized carbons (Fsp3) is 0.312. The minimum Gasteiger partial charge on any atom is -0.284 e. The molecule has 2 aromatic rings. The zero-order valence-electron chi connectivity index (χ0n) is 10.9. The number of nitriles is 1. The Hall–Kier alpha value is -1.85. The van der Waals surface area contributed by atoms with Gasteiger partial charge in [-0.2, -0.15) is 5.26 Å². The molecule has 0 saturated carbocycles. The molecule has 2 aromatic carbocycles. The summed E-state index contributed by atoms with van der Waals surface area (Å²) in [6.07, 6.45) is 0. The SMILES string of the molecule is CC(C)N(CC#N)Cc1cccc2ccccc12. The lowest BCUT2D eigenvalue weighted by Gasteiger charge is -2.24. The van der Waals surface area contributed by atoms with Gasteiger partial charge in [0.25, 0.3) is 0 Å². The summed E-state index contributed by atoms with van der Waals surface area (Å²) >= 11 is 0. The lowest BCUT2D eigenvalue weighted by Crippen LogP contribution is -2.30. The first kappa shape index (κ1) is 12.6. The van der Waals surface area contributed by atoms with Crippen LogP contribution in [0.15, 0.2) is 42.5 Å². The monoisotopic (exact) mass is 238 g/mol. The standard InChI is InChI=1S/C16H18N2/c1-13(2)18(11-10-17)12-15-8-5-7-14-6-3-4-9-16(14)15/h3-9,13H,11-12H2,1-2H3. The smallest absolute Gasteiger partial charge is 0.0871 e. The maximum atomic E-state index is 8.89.